The summed E-state index contributed by atoms with van der Waals surface area (Å²) < 4.78 is 0. The van der Waals surface area contributed by atoms with Crippen LogP contribution in [0.3, 0.4) is 0 Å². The van der Waals surface area contributed by atoms with Crippen molar-refractivity contribution in [1.29, 1.82) is 0 Å². The summed E-state index contributed by atoms with van der Waals surface area (Å²) in [7, 11) is 0. The lowest BCUT2D eigenvalue weighted by Crippen LogP contribution is -2.16. The molecule has 2 N–H and O–H groups in total. The molecule has 0 spiro atoms. The Kier molecular flexibility index (Phi) is 2.81. The number of rotatable bonds is 2. The van der Waals surface area contributed by atoms with E-state index in [9.17, 15) is 24.6 Å². The third-order valence-corrected chi connectivity index (χ3v) is 2.42. The number of ketones is 3. The third kappa shape index (κ3) is 2.06. The second kappa shape index (κ2) is 4.29. The van der Waals surface area contributed by atoms with Gasteiger partial charge in [0.05, 0.1) is 11.1 Å². The van der Waals surface area contributed by atoms with Gasteiger partial charge in [0, 0.05) is 6.08 Å². The van der Waals surface area contributed by atoms with Gasteiger partial charge in [-0.3, -0.25) is 14.4 Å². The molecular weight excluding hydrogens is 236 g/mol. The molecule has 1 aromatic carbocycles. The number of hydrogen-bond donors (Lipinski definition) is 2. The highest BCUT2D eigenvalue weighted by atomic mass is 16.3. The van der Waals surface area contributed by atoms with E-state index in [2.05, 4.69) is 0 Å². The molecule has 90 valence electrons. The van der Waals surface area contributed by atoms with Gasteiger partial charge in [-0.1, -0.05) is 0 Å². The van der Waals surface area contributed by atoms with E-state index in [0.717, 1.165) is 30.4 Å². The minimum absolute atomic E-state index is 0.220. The Morgan fingerprint density at radius 1 is 1.06 bits per heavy atom. The predicted molar refractivity (Wildman–Crippen MR) is 61.3 cm³/mol. The molecular formula is C13H8O5. The monoisotopic (exact) mass is 244 g/mol. The number of aromatic hydroxyl groups is 2. The number of carbonyl (C=O) groups excluding carboxylic acids is 3. The van der Waals surface area contributed by atoms with E-state index < -0.39 is 17.3 Å². The number of Topliss-reactive ketones (excluding diaryl/α,β-unsaturated/α-hetero) is 1. The van der Waals surface area contributed by atoms with Crippen molar-refractivity contribution in [3.63, 3.8) is 0 Å². The van der Waals surface area contributed by atoms with Gasteiger partial charge >= 0.3 is 0 Å². The zero-order chi connectivity index (χ0) is 13.3. The summed E-state index contributed by atoms with van der Waals surface area (Å²) in [6, 6.07) is 3.37. The maximum Gasteiger partial charge on any atom is 0.200 e. The fourth-order valence-corrected chi connectivity index (χ4v) is 1.54. The van der Waals surface area contributed by atoms with E-state index in [4.69, 9.17) is 0 Å². The van der Waals surface area contributed by atoms with Gasteiger partial charge in [-0.2, -0.15) is 0 Å². The lowest BCUT2D eigenvalue weighted by molar-refractivity contribution is -0.114. The fraction of sp³-hybridized carbons (Fsp3) is 0. The maximum absolute atomic E-state index is 12.0. The van der Waals surface area contributed by atoms with Crippen LogP contribution in [0.4, 0.5) is 0 Å². The van der Waals surface area contributed by atoms with Crippen LogP contribution in [0.2, 0.25) is 0 Å². The van der Waals surface area contributed by atoms with Crippen LogP contribution in [0.15, 0.2) is 42.0 Å². The van der Waals surface area contributed by atoms with Gasteiger partial charge in [0.15, 0.2) is 11.6 Å². The first-order valence-electron chi connectivity index (χ1n) is 5.04. The number of hydrogen-bond acceptors (Lipinski definition) is 5. The van der Waals surface area contributed by atoms with E-state index in [1.54, 1.807) is 0 Å². The molecule has 1 aliphatic rings. The molecule has 0 bridgehead atoms. The number of carbonyl (C=O) groups is 3. The molecule has 0 aliphatic heterocycles. The van der Waals surface area contributed by atoms with Crippen LogP contribution in [0.1, 0.15) is 10.4 Å². The summed E-state index contributed by atoms with van der Waals surface area (Å²) in [5.41, 5.74) is -0.555. The predicted octanol–water partition coefficient (Wildman–Crippen LogP) is 0.915. The lowest BCUT2D eigenvalue weighted by Gasteiger charge is -2.07. The number of benzene rings is 1. The summed E-state index contributed by atoms with van der Waals surface area (Å²) in [4.78, 5) is 34.6. The van der Waals surface area contributed by atoms with Crippen molar-refractivity contribution in [2.45, 2.75) is 0 Å². The normalized spacial score (nSPS) is 14.6. The van der Waals surface area contributed by atoms with E-state index in [-0.39, 0.29) is 22.6 Å². The first-order valence-corrected chi connectivity index (χ1v) is 5.04. The van der Waals surface area contributed by atoms with Gasteiger partial charge in [-0.05, 0) is 30.4 Å². The topological polar surface area (TPSA) is 91.7 Å². The van der Waals surface area contributed by atoms with Crippen LogP contribution in [0.25, 0.3) is 0 Å². The van der Waals surface area contributed by atoms with Gasteiger partial charge in [0.2, 0.25) is 5.78 Å². The molecule has 1 aromatic rings. The molecule has 2 rings (SSSR count). The maximum atomic E-state index is 12.0. The Morgan fingerprint density at radius 3 is 2.50 bits per heavy atom. The highest BCUT2D eigenvalue weighted by molar-refractivity contribution is 6.34. The molecule has 5 heteroatoms. The van der Waals surface area contributed by atoms with Crippen molar-refractivity contribution in [2.24, 2.45) is 0 Å². The van der Waals surface area contributed by atoms with E-state index >= 15 is 0 Å². The van der Waals surface area contributed by atoms with Crippen LogP contribution >= 0.6 is 0 Å². The van der Waals surface area contributed by atoms with E-state index in [1.807, 2.05) is 0 Å². The van der Waals surface area contributed by atoms with Crippen LogP contribution in [0, 0.1) is 0 Å². The standard InChI is InChI=1S/C13H8O5/c14-7-1-3-11(16)9(5-7)13(18)10-6-8(15)2-4-12(10)17/h1-6,14,16H. The van der Waals surface area contributed by atoms with Crippen LogP contribution in [-0.2, 0) is 9.59 Å². The first-order chi connectivity index (χ1) is 8.49. The molecule has 0 saturated carbocycles. The number of phenolic OH excluding ortho intramolecular Hbond substituents is 2. The van der Waals surface area contributed by atoms with Gasteiger partial charge in [-0.15, -0.1) is 0 Å². The molecule has 0 aromatic heterocycles. The van der Waals surface area contributed by atoms with Gasteiger partial charge < -0.3 is 10.2 Å². The SMILES string of the molecule is O=C1C=CC(=O)C(C(=O)c2cc(O)ccc2O)=C1. The molecule has 1 aliphatic carbocycles. The van der Waals surface area contributed by atoms with Crippen molar-refractivity contribution in [2.75, 3.05) is 0 Å². The van der Waals surface area contributed by atoms with Gasteiger partial charge in [0.1, 0.15) is 11.5 Å². The first kappa shape index (κ1) is 11.8. The number of allylic oxidation sites excluding steroid dienone is 4. The zero-order valence-electron chi connectivity index (χ0n) is 9.08. The van der Waals surface area contributed by atoms with Crippen LogP contribution in [-0.4, -0.2) is 27.6 Å². The van der Waals surface area contributed by atoms with Gasteiger partial charge in [0.25, 0.3) is 0 Å². The van der Waals surface area contributed by atoms with E-state index in [0.29, 0.717) is 0 Å². The average molecular weight is 244 g/mol. The van der Waals surface area contributed by atoms with Crippen molar-refractivity contribution < 1.29 is 24.6 Å². The van der Waals surface area contributed by atoms with Crippen LogP contribution < -0.4 is 0 Å². The Labute approximate surface area is 102 Å². The summed E-state index contributed by atoms with van der Waals surface area (Å²) in [6.07, 6.45) is 2.96. The third-order valence-electron chi connectivity index (χ3n) is 2.42. The molecule has 0 fully saturated rings. The highest BCUT2D eigenvalue weighted by Gasteiger charge is 2.24. The van der Waals surface area contributed by atoms with Crippen molar-refractivity contribution in [1.82, 2.24) is 0 Å². The molecule has 0 amide bonds. The molecule has 18 heavy (non-hydrogen) atoms. The highest BCUT2D eigenvalue weighted by Crippen LogP contribution is 2.25. The minimum Gasteiger partial charge on any atom is -0.508 e. The smallest absolute Gasteiger partial charge is 0.200 e. The van der Waals surface area contributed by atoms with Crippen molar-refractivity contribution in [3.05, 3.63) is 47.6 Å². The average Bonchev–Trinajstić information content (AvgIpc) is 2.34. The largest absolute Gasteiger partial charge is 0.508 e. The Morgan fingerprint density at radius 2 is 1.78 bits per heavy atom. The second-order valence-corrected chi connectivity index (χ2v) is 3.69. The molecule has 0 atom stereocenters. The summed E-state index contributed by atoms with van der Waals surface area (Å²) >= 11 is 0. The van der Waals surface area contributed by atoms with E-state index in [1.165, 1.54) is 6.07 Å². The van der Waals surface area contributed by atoms with Crippen LogP contribution in [0.5, 0.6) is 11.5 Å². The fourth-order valence-electron chi connectivity index (χ4n) is 1.54. The second-order valence-electron chi connectivity index (χ2n) is 3.69. The summed E-state index contributed by atoms with van der Waals surface area (Å²) in [5, 5.41) is 18.8. The minimum atomic E-state index is -0.800. The molecule has 0 saturated heterocycles. The Hall–Kier alpha value is -2.69. The Balaban J connectivity index is 2.46. The molecule has 5 nitrogen and oxygen atoms in total. The summed E-state index contributed by atoms with van der Waals surface area (Å²) in [5.74, 6) is -2.47. The lowest BCUT2D eigenvalue weighted by atomic mass is 9.95. The van der Waals surface area contributed by atoms with Gasteiger partial charge in [-0.25, -0.2) is 0 Å². The number of phenols is 2. The quantitative estimate of drug-likeness (QED) is 0.349. The zero-order valence-corrected chi connectivity index (χ0v) is 9.08. The van der Waals surface area contributed by atoms with Crippen molar-refractivity contribution in [3.8, 4) is 11.5 Å². The Bertz CT molecular complexity index is 622. The molecule has 0 radical (unpaired) electrons. The van der Waals surface area contributed by atoms with Crippen molar-refractivity contribution >= 4 is 17.3 Å². The summed E-state index contributed by atoms with van der Waals surface area (Å²) in [6.45, 7) is 0. The molecule has 0 unspecified atom stereocenters. The molecule has 0 heterocycles.